The van der Waals surface area contributed by atoms with Crippen molar-refractivity contribution < 1.29 is 24.4 Å². The van der Waals surface area contributed by atoms with Crippen LogP contribution in [0.1, 0.15) is 17.3 Å². The fourth-order valence-corrected chi connectivity index (χ4v) is 1.18. The van der Waals surface area contributed by atoms with E-state index in [-0.39, 0.29) is 5.75 Å². The van der Waals surface area contributed by atoms with E-state index in [0.717, 1.165) is 12.1 Å². The molecule has 0 heterocycles. The van der Waals surface area contributed by atoms with Crippen molar-refractivity contribution in [2.45, 2.75) is 13.0 Å². The first-order valence-corrected chi connectivity index (χ1v) is 4.80. The summed E-state index contributed by atoms with van der Waals surface area (Å²) in [4.78, 5) is 31.4. The number of nitro groups is 1. The predicted octanol–water partition coefficient (Wildman–Crippen LogP) is 0.546. The van der Waals surface area contributed by atoms with Crippen LogP contribution in [-0.4, -0.2) is 28.0 Å². The number of carbonyl (C=O) groups excluding carboxylic acids is 1. The number of carboxylic acids is 1. The standard InChI is InChI=1S/C10H10N2O6/c1-5(9(11)13)18-6-2-3-8(12(16)17)7(4-6)10(14)15/h2-5H,1H3,(H2,11,13)(H,14,15). The summed E-state index contributed by atoms with van der Waals surface area (Å²) in [6.07, 6.45) is -0.965. The van der Waals surface area contributed by atoms with Gasteiger partial charge in [-0.3, -0.25) is 14.9 Å². The molecule has 1 rings (SSSR count). The van der Waals surface area contributed by atoms with Crippen LogP contribution in [0.2, 0.25) is 0 Å². The lowest BCUT2D eigenvalue weighted by Gasteiger charge is -2.11. The van der Waals surface area contributed by atoms with E-state index in [4.69, 9.17) is 15.6 Å². The molecule has 0 aromatic heterocycles. The van der Waals surface area contributed by atoms with Crippen LogP contribution in [-0.2, 0) is 4.79 Å². The first-order chi connectivity index (χ1) is 8.32. The predicted molar refractivity (Wildman–Crippen MR) is 59.3 cm³/mol. The van der Waals surface area contributed by atoms with Crippen molar-refractivity contribution in [1.29, 1.82) is 0 Å². The minimum absolute atomic E-state index is 0.0179. The molecule has 3 N–H and O–H groups in total. The van der Waals surface area contributed by atoms with Gasteiger partial charge in [-0.2, -0.15) is 0 Å². The van der Waals surface area contributed by atoms with Crippen LogP contribution in [0.25, 0.3) is 0 Å². The van der Waals surface area contributed by atoms with Gasteiger partial charge in [0, 0.05) is 12.1 Å². The zero-order valence-corrected chi connectivity index (χ0v) is 9.32. The lowest BCUT2D eigenvalue weighted by molar-refractivity contribution is -0.385. The van der Waals surface area contributed by atoms with Crippen LogP contribution in [0.3, 0.4) is 0 Å². The molecule has 0 saturated carbocycles. The Morgan fingerprint density at radius 3 is 2.56 bits per heavy atom. The SMILES string of the molecule is CC(Oc1ccc([N+](=O)[O-])c(C(=O)O)c1)C(N)=O. The van der Waals surface area contributed by atoms with Gasteiger partial charge in [0.25, 0.3) is 11.6 Å². The Bertz CT molecular complexity index is 513. The van der Waals surface area contributed by atoms with Gasteiger partial charge in [0.2, 0.25) is 0 Å². The van der Waals surface area contributed by atoms with Crippen molar-refractivity contribution in [2.24, 2.45) is 5.73 Å². The van der Waals surface area contributed by atoms with Crippen LogP contribution >= 0.6 is 0 Å². The first kappa shape index (κ1) is 13.4. The van der Waals surface area contributed by atoms with Gasteiger partial charge >= 0.3 is 5.97 Å². The minimum atomic E-state index is -1.46. The third-order valence-electron chi connectivity index (χ3n) is 2.11. The number of amides is 1. The normalized spacial score (nSPS) is 11.6. The summed E-state index contributed by atoms with van der Waals surface area (Å²) in [5.74, 6) is -2.17. The topological polar surface area (TPSA) is 133 Å². The molecule has 1 aromatic carbocycles. The Hall–Kier alpha value is -2.64. The highest BCUT2D eigenvalue weighted by molar-refractivity contribution is 5.92. The number of carbonyl (C=O) groups is 2. The molecule has 1 aromatic rings. The second-order valence-corrected chi connectivity index (χ2v) is 3.40. The molecule has 1 atom stereocenters. The maximum absolute atomic E-state index is 10.8. The molecular formula is C10H10N2O6. The number of nitrogens with two attached hydrogens (primary N) is 1. The number of ether oxygens (including phenoxy) is 1. The van der Waals surface area contributed by atoms with Gasteiger partial charge in [-0.25, -0.2) is 4.79 Å². The highest BCUT2D eigenvalue weighted by atomic mass is 16.6. The van der Waals surface area contributed by atoms with Crippen LogP contribution in [0.4, 0.5) is 5.69 Å². The highest BCUT2D eigenvalue weighted by Crippen LogP contribution is 2.24. The van der Waals surface area contributed by atoms with Gasteiger partial charge in [0.15, 0.2) is 6.10 Å². The van der Waals surface area contributed by atoms with E-state index in [1.165, 1.54) is 13.0 Å². The monoisotopic (exact) mass is 254 g/mol. The van der Waals surface area contributed by atoms with Crippen molar-refractivity contribution in [3.05, 3.63) is 33.9 Å². The van der Waals surface area contributed by atoms with Gasteiger partial charge in [-0.15, -0.1) is 0 Å². The fraction of sp³-hybridized carbons (Fsp3) is 0.200. The van der Waals surface area contributed by atoms with E-state index in [0.29, 0.717) is 0 Å². The molecule has 8 nitrogen and oxygen atoms in total. The fourth-order valence-electron chi connectivity index (χ4n) is 1.18. The number of primary amides is 1. The molecule has 0 saturated heterocycles. The van der Waals surface area contributed by atoms with Crippen LogP contribution in [0.15, 0.2) is 18.2 Å². The smallest absolute Gasteiger partial charge is 0.342 e. The summed E-state index contributed by atoms with van der Waals surface area (Å²) in [5.41, 5.74) is 3.90. The van der Waals surface area contributed by atoms with Crippen molar-refractivity contribution in [2.75, 3.05) is 0 Å². The Morgan fingerprint density at radius 1 is 1.50 bits per heavy atom. The molecular weight excluding hydrogens is 244 g/mol. The summed E-state index contributed by atoms with van der Waals surface area (Å²) in [6, 6.07) is 3.16. The van der Waals surface area contributed by atoms with Crippen LogP contribution < -0.4 is 10.5 Å². The van der Waals surface area contributed by atoms with E-state index in [2.05, 4.69) is 0 Å². The minimum Gasteiger partial charge on any atom is -0.481 e. The quantitative estimate of drug-likeness (QED) is 0.582. The summed E-state index contributed by atoms with van der Waals surface area (Å²) in [6.45, 7) is 1.38. The average molecular weight is 254 g/mol. The molecule has 18 heavy (non-hydrogen) atoms. The van der Waals surface area contributed by atoms with Gasteiger partial charge in [0.1, 0.15) is 11.3 Å². The Kier molecular flexibility index (Phi) is 3.82. The van der Waals surface area contributed by atoms with E-state index < -0.39 is 34.2 Å². The third kappa shape index (κ3) is 2.94. The Morgan fingerprint density at radius 2 is 2.11 bits per heavy atom. The zero-order valence-electron chi connectivity index (χ0n) is 9.32. The van der Waals surface area contributed by atoms with Gasteiger partial charge in [-0.05, 0) is 13.0 Å². The van der Waals surface area contributed by atoms with E-state index in [1.807, 2.05) is 0 Å². The van der Waals surface area contributed by atoms with Gasteiger partial charge in [0.05, 0.1) is 4.92 Å². The average Bonchev–Trinajstić information content (AvgIpc) is 2.28. The summed E-state index contributed by atoms with van der Waals surface area (Å²) in [5, 5.41) is 19.4. The van der Waals surface area contributed by atoms with Crippen molar-refractivity contribution in [3.8, 4) is 5.75 Å². The molecule has 0 aliphatic rings. The van der Waals surface area contributed by atoms with E-state index in [1.54, 1.807) is 0 Å². The summed E-state index contributed by atoms with van der Waals surface area (Å²) in [7, 11) is 0. The second-order valence-electron chi connectivity index (χ2n) is 3.40. The lowest BCUT2D eigenvalue weighted by atomic mass is 10.1. The molecule has 0 bridgehead atoms. The van der Waals surface area contributed by atoms with Crippen LogP contribution in [0, 0.1) is 10.1 Å². The Labute approximate surface area is 101 Å². The number of nitrogens with zero attached hydrogens (tertiary/aromatic N) is 1. The van der Waals surface area contributed by atoms with E-state index >= 15 is 0 Å². The second kappa shape index (κ2) is 5.13. The molecule has 96 valence electrons. The zero-order chi connectivity index (χ0) is 13.9. The van der Waals surface area contributed by atoms with Crippen molar-refractivity contribution in [1.82, 2.24) is 0 Å². The van der Waals surface area contributed by atoms with Gasteiger partial charge < -0.3 is 15.6 Å². The number of hydrogen-bond donors (Lipinski definition) is 2. The molecule has 0 aliphatic heterocycles. The van der Waals surface area contributed by atoms with Crippen molar-refractivity contribution >= 4 is 17.6 Å². The molecule has 8 heteroatoms. The molecule has 1 amide bonds. The third-order valence-corrected chi connectivity index (χ3v) is 2.11. The largest absolute Gasteiger partial charge is 0.481 e. The molecule has 0 spiro atoms. The maximum Gasteiger partial charge on any atom is 0.342 e. The molecule has 0 fully saturated rings. The number of aromatic carboxylic acids is 1. The summed E-state index contributed by atoms with van der Waals surface area (Å²) >= 11 is 0. The molecule has 0 radical (unpaired) electrons. The van der Waals surface area contributed by atoms with E-state index in [9.17, 15) is 19.7 Å². The number of hydrogen-bond acceptors (Lipinski definition) is 5. The molecule has 1 unspecified atom stereocenters. The number of rotatable bonds is 5. The number of benzene rings is 1. The highest BCUT2D eigenvalue weighted by Gasteiger charge is 2.21. The summed E-state index contributed by atoms with van der Waals surface area (Å²) < 4.78 is 5.04. The lowest BCUT2D eigenvalue weighted by Crippen LogP contribution is -2.30. The molecule has 0 aliphatic carbocycles. The first-order valence-electron chi connectivity index (χ1n) is 4.80. The van der Waals surface area contributed by atoms with Gasteiger partial charge in [-0.1, -0.05) is 0 Å². The number of carboxylic acid groups (broad SMARTS) is 1. The maximum atomic E-state index is 10.8. The number of nitro benzene ring substituents is 1. The Balaban J connectivity index is 3.11. The van der Waals surface area contributed by atoms with Crippen LogP contribution in [0.5, 0.6) is 5.75 Å². The van der Waals surface area contributed by atoms with Crippen molar-refractivity contribution in [3.63, 3.8) is 0 Å².